The van der Waals surface area contributed by atoms with Crippen molar-refractivity contribution in [3.8, 4) is 0 Å². The number of benzene rings is 4. The Morgan fingerprint density at radius 3 is 2.11 bits per heavy atom. The largest absolute Gasteiger partial charge is 0.325 e. The van der Waals surface area contributed by atoms with E-state index in [9.17, 15) is 13.2 Å². The Bertz CT molecular complexity index is 1390. The molecule has 0 aliphatic rings. The number of aryl methyl sites for hydroxylation is 1. The quantitative estimate of drug-likeness (QED) is 0.254. The van der Waals surface area contributed by atoms with E-state index in [4.69, 9.17) is 0 Å². The molecule has 2 N–H and O–H groups in total. The van der Waals surface area contributed by atoms with Crippen LogP contribution in [0.1, 0.15) is 30.5 Å². The van der Waals surface area contributed by atoms with Crippen molar-refractivity contribution in [1.82, 2.24) is 4.72 Å². The van der Waals surface area contributed by atoms with Crippen molar-refractivity contribution in [3.63, 3.8) is 0 Å². The van der Waals surface area contributed by atoms with E-state index in [1.165, 1.54) is 0 Å². The van der Waals surface area contributed by atoms with Gasteiger partial charge >= 0.3 is 0 Å². The molecule has 0 aromatic heterocycles. The number of carbonyl (C=O) groups is 1. The summed E-state index contributed by atoms with van der Waals surface area (Å²) in [6.07, 6.45) is 0.799. The Kier molecular flexibility index (Phi) is 8.59. The second-order valence-electron chi connectivity index (χ2n) is 8.36. The molecule has 0 radical (unpaired) electrons. The smallest absolute Gasteiger partial charge is 0.241 e. The highest BCUT2D eigenvalue weighted by Crippen LogP contribution is 2.33. The van der Waals surface area contributed by atoms with Gasteiger partial charge in [0.25, 0.3) is 0 Å². The lowest BCUT2D eigenvalue weighted by Crippen LogP contribution is -2.26. The van der Waals surface area contributed by atoms with E-state index in [1.807, 2.05) is 91.9 Å². The zero-order chi connectivity index (χ0) is 25.4. The van der Waals surface area contributed by atoms with Crippen molar-refractivity contribution in [2.75, 3.05) is 5.32 Å². The molecule has 4 aromatic rings. The third-order valence-electron chi connectivity index (χ3n) is 5.64. The highest BCUT2D eigenvalue weighted by molar-refractivity contribution is 7.99. The molecule has 4 aromatic carbocycles. The van der Waals surface area contributed by atoms with Gasteiger partial charge in [0.2, 0.25) is 15.9 Å². The van der Waals surface area contributed by atoms with Crippen LogP contribution in [0.5, 0.6) is 0 Å². The molecule has 0 saturated heterocycles. The normalized spacial score (nSPS) is 12.1. The minimum Gasteiger partial charge on any atom is -0.325 e. The van der Waals surface area contributed by atoms with Crippen molar-refractivity contribution in [2.45, 2.75) is 40.5 Å². The van der Waals surface area contributed by atoms with Gasteiger partial charge in [-0.3, -0.25) is 4.79 Å². The fourth-order valence-corrected chi connectivity index (χ4v) is 5.85. The second kappa shape index (κ2) is 12.0. The zero-order valence-corrected chi connectivity index (χ0v) is 21.6. The number of carbonyl (C=O) groups excluding carboxylic acids is 1. The maximum Gasteiger partial charge on any atom is 0.241 e. The molecular formula is C29H28N2O3S2. The maximum absolute atomic E-state index is 12.8. The van der Waals surface area contributed by atoms with Gasteiger partial charge in [0.05, 0.1) is 10.6 Å². The number of sulfonamides is 1. The summed E-state index contributed by atoms with van der Waals surface area (Å²) >= 11 is 1.60. The first-order valence-electron chi connectivity index (χ1n) is 11.7. The Morgan fingerprint density at radius 1 is 0.806 bits per heavy atom. The van der Waals surface area contributed by atoms with E-state index in [1.54, 1.807) is 36.0 Å². The number of nitrogens with one attached hydrogen (secondary N) is 2. The maximum atomic E-state index is 12.8. The molecule has 36 heavy (non-hydrogen) atoms. The van der Waals surface area contributed by atoms with E-state index in [-0.39, 0.29) is 16.8 Å². The molecule has 0 heterocycles. The summed E-state index contributed by atoms with van der Waals surface area (Å²) in [7, 11) is -3.66. The molecule has 0 aliphatic heterocycles. The van der Waals surface area contributed by atoms with Crippen LogP contribution in [0.25, 0.3) is 0 Å². The highest BCUT2D eigenvalue weighted by atomic mass is 32.2. The molecule has 1 atom stereocenters. The number of hydrogen-bond donors (Lipinski definition) is 2. The van der Waals surface area contributed by atoms with E-state index >= 15 is 0 Å². The van der Waals surface area contributed by atoms with Crippen LogP contribution in [0.15, 0.2) is 124 Å². The number of hydrogen-bond acceptors (Lipinski definition) is 4. The van der Waals surface area contributed by atoms with Crippen LogP contribution < -0.4 is 10.0 Å². The van der Waals surface area contributed by atoms with Gasteiger partial charge in [0.1, 0.15) is 0 Å². The Labute approximate surface area is 217 Å². The fourth-order valence-electron chi connectivity index (χ4n) is 3.69. The number of anilines is 1. The summed E-state index contributed by atoms with van der Waals surface area (Å²) < 4.78 is 28.3. The summed E-state index contributed by atoms with van der Waals surface area (Å²) in [6, 6.07) is 33.5. The standard InChI is InChI=1S/C29H28N2O3S2/c1-22(24-10-4-2-5-11-24)31-36(33,34)26-19-16-23(17-20-26)18-21-29(32)30-27-14-8-9-15-28(27)35-25-12-6-3-7-13-25/h2-17,19-20,22,31H,18,21H2,1H3,(H,30,32)/t22-/m0/s1. The van der Waals surface area contributed by atoms with Crippen LogP contribution in [-0.2, 0) is 21.2 Å². The molecule has 0 fully saturated rings. The van der Waals surface area contributed by atoms with Gasteiger partial charge in [0.15, 0.2) is 0 Å². The van der Waals surface area contributed by atoms with Crippen LogP contribution in [0.3, 0.4) is 0 Å². The van der Waals surface area contributed by atoms with Crippen molar-refractivity contribution >= 4 is 33.4 Å². The molecule has 0 bridgehead atoms. The minimum atomic E-state index is -3.66. The average Bonchev–Trinajstić information content (AvgIpc) is 2.90. The number of para-hydroxylation sites is 1. The van der Waals surface area contributed by atoms with Gasteiger partial charge < -0.3 is 5.32 Å². The molecular weight excluding hydrogens is 488 g/mol. The van der Waals surface area contributed by atoms with E-state index in [0.29, 0.717) is 12.8 Å². The molecule has 0 saturated carbocycles. The molecule has 0 aliphatic carbocycles. The molecule has 7 heteroatoms. The lowest BCUT2D eigenvalue weighted by Gasteiger charge is -2.15. The monoisotopic (exact) mass is 516 g/mol. The minimum absolute atomic E-state index is 0.0915. The predicted octanol–water partition coefficient (Wildman–Crippen LogP) is 6.45. The fraction of sp³-hybridized carbons (Fsp3) is 0.138. The molecule has 4 rings (SSSR count). The molecule has 5 nitrogen and oxygen atoms in total. The topological polar surface area (TPSA) is 75.3 Å². The predicted molar refractivity (Wildman–Crippen MR) is 146 cm³/mol. The van der Waals surface area contributed by atoms with Crippen LogP contribution in [-0.4, -0.2) is 14.3 Å². The van der Waals surface area contributed by atoms with Crippen LogP contribution >= 0.6 is 11.8 Å². The third kappa shape index (κ3) is 7.07. The van der Waals surface area contributed by atoms with Crippen LogP contribution in [0.4, 0.5) is 5.69 Å². The van der Waals surface area contributed by atoms with E-state index < -0.39 is 10.0 Å². The van der Waals surface area contributed by atoms with Gasteiger partial charge in [-0.05, 0) is 60.9 Å². The summed E-state index contributed by atoms with van der Waals surface area (Å²) in [5, 5.41) is 3.01. The first-order chi connectivity index (χ1) is 17.4. The van der Waals surface area contributed by atoms with Crippen molar-refractivity contribution in [3.05, 3.63) is 120 Å². The Hall–Kier alpha value is -3.39. The summed E-state index contributed by atoms with van der Waals surface area (Å²) in [5.41, 5.74) is 2.57. The first kappa shape index (κ1) is 25.7. The molecule has 184 valence electrons. The second-order valence-corrected chi connectivity index (χ2v) is 11.2. The van der Waals surface area contributed by atoms with Gasteiger partial charge in [-0.2, -0.15) is 0 Å². The summed E-state index contributed by atoms with van der Waals surface area (Å²) in [4.78, 5) is 14.9. The first-order valence-corrected chi connectivity index (χ1v) is 14.0. The zero-order valence-electron chi connectivity index (χ0n) is 19.9. The SMILES string of the molecule is C[C@H](NS(=O)(=O)c1ccc(CCC(=O)Nc2ccccc2Sc2ccccc2)cc1)c1ccccc1. The van der Waals surface area contributed by atoms with Gasteiger partial charge in [-0.1, -0.05) is 84.6 Å². The Morgan fingerprint density at radius 2 is 1.42 bits per heavy atom. The van der Waals surface area contributed by atoms with Crippen molar-refractivity contribution in [1.29, 1.82) is 0 Å². The van der Waals surface area contributed by atoms with Crippen LogP contribution in [0.2, 0.25) is 0 Å². The molecule has 0 spiro atoms. The average molecular weight is 517 g/mol. The summed E-state index contributed by atoms with van der Waals surface area (Å²) in [6.45, 7) is 1.82. The Balaban J connectivity index is 1.33. The summed E-state index contributed by atoms with van der Waals surface area (Å²) in [5.74, 6) is -0.0915. The van der Waals surface area contributed by atoms with Gasteiger partial charge in [-0.15, -0.1) is 0 Å². The van der Waals surface area contributed by atoms with E-state index in [2.05, 4.69) is 10.0 Å². The lowest BCUT2D eigenvalue weighted by atomic mass is 10.1. The third-order valence-corrected chi connectivity index (χ3v) is 8.28. The van der Waals surface area contributed by atoms with Gasteiger partial charge in [0, 0.05) is 22.3 Å². The number of amides is 1. The molecule has 1 amide bonds. The molecule has 0 unspecified atom stereocenters. The van der Waals surface area contributed by atoms with E-state index in [0.717, 1.165) is 26.6 Å². The lowest BCUT2D eigenvalue weighted by molar-refractivity contribution is -0.116. The van der Waals surface area contributed by atoms with Crippen molar-refractivity contribution < 1.29 is 13.2 Å². The van der Waals surface area contributed by atoms with Crippen LogP contribution in [0, 0.1) is 0 Å². The highest BCUT2D eigenvalue weighted by Gasteiger charge is 2.18. The number of rotatable bonds is 10. The van der Waals surface area contributed by atoms with Crippen molar-refractivity contribution in [2.24, 2.45) is 0 Å². The van der Waals surface area contributed by atoms with Gasteiger partial charge in [-0.25, -0.2) is 13.1 Å².